The number of hydrogen-bond acceptors (Lipinski definition) is 6. The molecule has 11 heteroatoms. The third-order valence-electron chi connectivity index (χ3n) is 0.854. The summed E-state index contributed by atoms with van der Waals surface area (Å²) >= 11 is 0. The predicted molar refractivity (Wildman–Crippen MR) is 46.0 cm³/mol. The first-order chi connectivity index (χ1) is 5.39. The molecule has 0 atom stereocenters. The van der Waals surface area contributed by atoms with Crippen LogP contribution in [0.4, 0.5) is 0 Å². The molecule has 6 nitrogen and oxygen atoms in total. The quantitative estimate of drug-likeness (QED) is 0.400. The summed E-state index contributed by atoms with van der Waals surface area (Å²) in [5.41, 5.74) is 0. The predicted octanol–water partition coefficient (Wildman–Crippen LogP) is -4.51. The zero-order valence-corrected chi connectivity index (χ0v) is 12.4. The molecule has 0 aliphatic carbocycles. The number of hydrogen-bond donors (Lipinski definition) is 0. The van der Waals surface area contributed by atoms with E-state index < -0.39 is 49.2 Å². The van der Waals surface area contributed by atoms with Gasteiger partial charge in [0, 0.05) is 0 Å². The largest absolute Gasteiger partial charge is 0.738 e. The van der Waals surface area contributed by atoms with E-state index in [-0.39, 0.29) is 0 Å². The van der Waals surface area contributed by atoms with Crippen LogP contribution in [0.1, 0.15) is 0 Å². The summed E-state index contributed by atoms with van der Waals surface area (Å²) in [4.78, 5) is 0. The second kappa shape index (κ2) is 5.95. The average molecular weight is 244 g/mol. The Kier molecular flexibility index (Phi) is 5.11. The third kappa shape index (κ3) is 4.74. The van der Waals surface area contributed by atoms with Crippen molar-refractivity contribution in [3.8, 4) is 0 Å². The highest BCUT2D eigenvalue weighted by Gasteiger charge is 2.11. The van der Waals surface area contributed by atoms with E-state index in [1.165, 1.54) is 0 Å². The molecule has 0 spiro atoms. The number of rotatable bonds is 0. The summed E-state index contributed by atoms with van der Waals surface area (Å²) in [6, 6.07) is 0. The summed E-state index contributed by atoms with van der Waals surface area (Å²) in [5, 5.41) is 0. The van der Waals surface area contributed by atoms with Crippen LogP contribution in [0.3, 0.4) is 0 Å². The molecule has 0 aromatic rings. The maximum absolute atomic E-state index is 10.7. The SMILES string of the molecule is O=[Si]1O[SiH2]O[SiH2]O[SiH2]O[SiH2]O1. The lowest BCUT2D eigenvalue weighted by atomic mass is 15.7. The highest BCUT2D eigenvalue weighted by molar-refractivity contribution is 6.52. The van der Waals surface area contributed by atoms with E-state index in [0.29, 0.717) is 0 Å². The van der Waals surface area contributed by atoms with Gasteiger partial charge in [-0.3, -0.25) is 4.46 Å². The lowest BCUT2D eigenvalue weighted by molar-refractivity contribution is 0.299. The molecule has 0 bridgehead atoms. The Balaban J connectivity index is 2.17. The highest BCUT2D eigenvalue weighted by Crippen LogP contribution is 1.82. The molecule has 1 aliphatic heterocycles. The summed E-state index contributed by atoms with van der Waals surface area (Å²) in [6.07, 6.45) is 0. The Bertz CT molecular complexity index is 112. The zero-order chi connectivity index (χ0) is 7.94. The van der Waals surface area contributed by atoms with E-state index in [1.807, 2.05) is 0 Å². The van der Waals surface area contributed by atoms with Crippen molar-refractivity contribution in [2.45, 2.75) is 0 Å². The molecule has 0 unspecified atom stereocenters. The van der Waals surface area contributed by atoms with E-state index in [9.17, 15) is 4.46 Å². The lowest BCUT2D eigenvalue weighted by Gasteiger charge is -2.10. The summed E-state index contributed by atoms with van der Waals surface area (Å²) < 4.78 is 35.5. The molecule has 0 saturated carbocycles. The normalized spacial score (nSPS) is 30.4. The van der Waals surface area contributed by atoms with Gasteiger partial charge in [-0.05, 0) is 0 Å². The van der Waals surface area contributed by atoms with Crippen molar-refractivity contribution >= 4 is 49.2 Å². The van der Waals surface area contributed by atoms with E-state index in [0.717, 1.165) is 0 Å². The van der Waals surface area contributed by atoms with E-state index in [2.05, 4.69) is 0 Å². The summed E-state index contributed by atoms with van der Waals surface area (Å²) in [6.45, 7) is 0. The lowest BCUT2D eigenvalue weighted by Crippen LogP contribution is -2.26. The molecule has 1 saturated heterocycles. The minimum atomic E-state index is -2.28. The molecule has 1 aliphatic rings. The van der Waals surface area contributed by atoms with Crippen molar-refractivity contribution in [2.24, 2.45) is 0 Å². The van der Waals surface area contributed by atoms with E-state index >= 15 is 0 Å². The minimum absolute atomic E-state index is 0.891. The Morgan fingerprint density at radius 1 is 0.818 bits per heavy atom. The van der Waals surface area contributed by atoms with Gasteiger partial charge in [0.15, 0.2) is 0 Å². The van der Waals surface area contributed by atoms with Crippen LogP contribution in [0.2, 0.25) is 0 Å². The maximum Gasteiger partial charge on any atom is 0.738 e. The van der Waals surface area contributed by atoms with E-state index in [4.69, 9.17) is 20.6 Å². The van der Waals surface area contributed by atoms with Crippen LogP contribution >= 0.6 is 0 Å². The molecular formula is H8O6Si5. The van der Waals surface area contributed by atoms with Crippen molar-refractivity contribution < 1.29 is 25.0 Å². The Morgan fingerprint density at radius 3 is 1.82 bits per heavy atom. The average Bonchev–Trinajstić information content (AvgIpc) is 2.03. The molecule has 1 fully saturated rings. The van der Waals surface area contributed by atoms with Gasteiger partial charge in [0.25, 0.3) is 20.0 Å². The first-order valence-corrected chi connectivity index (χ1v) is 8.77. The van der Waals surface area contributed by atoms with Crippen LogP contribution in [0.15, 0.2) is 0 Å². The molecule has 0 amide bonds. The molecule has 0 aromatic heterocycles. The maximum atomic E-state index is 10.7. The van der Waals surface area contributed by atoms with Crippen LogP contribution in [0, 0.1) is 0 Å². The van der Waals surface area contributed by atoms with Gasteiger partial charge < -0.3 is 20.6 Å². The fourth-order valence-corrected chi connectivity index (χ4v) is 8.34. The van der Waals surface area contributed by atoms with Gasteiger partial charge in [-0.25, -0.2) is 0 Å². The third-order valence-corrected chi connectivity index (χ3v) is 7.68. The Hall–Kier alpha value is 0.364. The van der Waals surface area contributed by atoms with E-state index in [1.54, 1.807) is 0 Å². The topological polar surface area (TPSA) is 63.2 Å². The zero-order valence-electron chi connectivity index (χ0n) is 5.78. The molecule has 0 radical (unpaired) electrons. The first kappa shape index (κ1) is 9.45. The molecule has 0 aromatic carbocycles. The van der Waals surface area contributed by atoms with Crippen molar-refractivity contribution in [1.82, 2.24) is 0 Å². The molecular weight excluding hydrogens is 236 g/mol. The van der Waals surface area contributed by atoms with Gasteiger partial charge in [0.05, 0.1) is 0 Å². The second-order valence-corrected chi connectivity index (χ2v) is 10.3. The van der Waals surface area contributed by atoms with Crippen LogP contribution in [-0.4, -0.2) is 49.2 Å². The van der Waals surface area contributed by atoms with Crippen LogP contribution < -0.4 is 0 Å². The fraction of sp³-hybridized carbons (Fsp3) is 0. The fourth-order valence-electron chi connectivity index (χ4n) is 0.441. The molecule has 1 heterocycles. The van der Waals surface area contributed by atoms with Gasteiger partial charge >= 0.3 is 29.2 Å². The second-order valence-electron chi connectivity index (χ2n) is 1.62. The molecule has 1 rings (SSSR count). The first-order valence-electron chi connectivity index (χ1n) is 2.92. The van der Waals surface area contributed by atoms with Crippen LogP contribution in [0.5, 0.6) is 0 Å². The van der Waals surface area contributed by atoms with Gasteiger partial charge in [-0.15, -0.1) is 0 Å². The Morgan fingerprint density at radius 2 is 1.27 bits per heavy atom. The smallest absolute Gasteiger partial charge is 0.535 e. The van der Waals surface area contributed by atoms with Crippen LogP contribution in [-0.2, 0) is 25.0 Å². The molecule has 11 heavy (non-hydrogen) atoms. The van der Waals surface area contributed by atoms with Crippen LogP contribution in [0.25, 0.3) is 0 Å². The van der Waals surface area contributed by atoms with Crippen molar-refractivity contribution in [3.05, 3.63) is 0 Å². The monoisotopic (exact) mass is 244 g/mol. The minimum Gasteiger partial charge on any atom is -0.535 e. The van der Waals surface area contributed by atoms with Gasteiger partial charge in [-0.1, -0.05) is 0 Å². The summed E-state index contributed by atoms with van der Waals surface area (Å²) in [5.74, 6) is 0. The van der Waals surface area contributed by atoms with Crippen molar-refractivity contribution in [3.63, 3.8) is 0 Å². The summed E-state index contributed by atoms with van der Waals surface area (Å²) in [7, 11) is -6.26. The Labute approximate surface area is 74.7 Å². The van der Waals surface area contributed by atoms with Gasteiger partial charge in [0.2, 0.25) is 0 Å². The standard InChI is InChI=1S/H8O6Si5/c1-11-5-9-3-7-2-8-4-10-6-11/h7-10H2. The molecule has 64 valence electrons. The van der Waals surface area contributed by atoms with Gasteiger partial charge in [-0.2, -0.15) is 0 Å². The molecule has 0 N–H and O–H groups in total. The van der Waals surface area contributed by atoms with Crippen molar-refractivity contribution in [2.75, 3.05) is 0 Å². The van der Waals surface area contributed by atoms with Crippen molar-refractivity contribution in [1.29, 1.82) is 0 Å². The highest BCUT2D eigenvalue weighted by atomic mass is 28.4. The van der Waals surface area contributed by atoms with Gasteiger partial charge in [0.1, 0.15) is 0 Å².